The summed E-state index contributed by atoms with van der Waals surface area (Å²) in [7, 11) is 0. The number of aromatic nitrogens is 2. The number of carbonyl (C=O) groups is 1. The van der Waals surface area contributed by atoms with E-state index in [0.29, 0.717) is 10.7 Å². The van der Waals surface area contributed by atoms with E-state index in [-0.39, 0.29) is 19.1 Å². The minimum atomic E-state index is -0.307. The third-order valence-electron chi connectivity index (χ3n) is 3.15. The predicted molar refractivity (Wildman–Crippen MR) is 81.0 cm³/mol. The summed E-state index contributed by atoms with van der Waals surface area (Å²) >= 11 is 6.08. The fourth-order valence-electron chi connectivity index (χ4n) is 2.11. The van der Waals surface area contributed by atoms with Gasteiger partial charge in [0.05, 0.1) is 5.02 Å². The summed E-state index contributed by atoms with van der Waals surface area (Å²) in [5.74, 6) is -0.307. The molecule has 2 aromatic heterocycles. The van der Waals surface area contributed by atoms with Gasteiger partial charge in [0.1, 0.15) is 18.8 Å². The summed E-state index contributed by atoms with van der Waals surface area (Å²) in [6, 6.07) is 13.1. The van der Waals surface area contributed by atoms with Gasteiger partial charge in [0, 0.05) is 17.8 Å². The quantitative estimate of drug-likeness (QED) is 0.693. The smallest absolute Gasteiger partial charge is 0.326 e. The highest BCUT2D eigenvalue weighted by Gasteiger charge is 2.10. The number of nitrogens with zero attached hydrogens (tertiary/aromatic N) is 2. The van der Waals surface area contributed by atoms with Crippen molar-refractivity contribution in [2.24, 2.45) is 0 Å². The van der Waals surface area contributed by atoms with Crippen molar-refractivity contribution in [3.8, 4) is 0 Å². The standard InChI is InChI=1S/C16H13ClN2O2/c17-14-6-8-18-16-13(14)7-9-19(16)10-15(20)21-11-12-4-2-1-3-5-12/h1-9H,10-11H2. The average Bonchev–Trinajstić information content (AvgIpc) is 2.91. The maximum atomic E-state index is 11.9. The van der Waals surface area contributed by atoms with Gasteiger partial charge in [-0.05, 0) is 17.7 Å². The molecule has 0 aliphatic rings. The van der Waals surface area contributed by atoms with E-state index in [2.05, 4.69) is 4.98 Å². The number of hydrogen-bond donors (Lipinski definition) is 0. The van der Waals surface area contributed by atoms with Gasteiger partial charge in [-0.25, -0.2) is 4.98 Å². The number of ether oxygens (including phenoxy) is 1. The van der Waals surface area contributed by atoms with E-state index < -0.39 is 0 Å². The molecule has 0 radical (unpaired) electrons. The lowest BCUT2D eigenvalue weighted by Gasteiger charge is -2.06. The summed E-state index contributed by atoms with van der Waals surface area (Å²) in [5, 5.41) is 1.45. The largest absolute Gasteiger partial charge is 0.459 e. The van der Waals surface area contributed by atoms with Gasteiger partial charge in [-0.15, -0.1) is 0 Å². The molecule has 5 heteroatoms. The number of rotatable bonds is 4. The van der Waals surface area contributed by atoms with Crippen LogP contribution in [0.4, 0.5) is 0 Å². The Hall–Kier alpha value is -2.33. The van der Waals surface area contributed by atoms with Crippen LogP contribution in [-0.4, -0.2) is 15.5 Å². The Balaban J connectivity index is 1.68. The van der Waals surface area contributed by atoms with Gasteiger partial charge in [0.2, 0.25) is 0 Å². The molecule has 2 heterocycles. The third kappa shape index (κ3) is 3.06. The monoisotopic (exact) mass is 300 g/mol. The van der Waals surface area contributed by atoms with Crippen LogP contribution in [-0.2, 0) is 22.7 Å². The highest BCUT2D eigenvalue weighted by atomic mass is 35.5. The lowest BCUT2D eigenvalue weighted by Crippen LogP contribution is -2.13. The maximum Gasteiger partial charge on any atom is 0.326 e. The first-order valence-electron chi connectivity index (χ1n) is 6.53. The van der Waals surface area contributed by atoms with Crippen LogP contribution in [0.25, 0.3) is 11.0 Å². The van der Waals surface area contributed by atoms with Crippen LogP contribution in [0.15, 0.2) is 54.9 Å². The number of pyridine rings is 1. The van der Waals surface area contributed by atoms with Crippen molar-refractivity contribution >= 4 is 28.6 Å². The second-order valence-corrected chi connectivity index (χ2v) is 5.03. The molecular weight excluding hydrogens is 288 g/mol. The molecule has 0 bridgehead atoms. The number of esters is 1. The van der Waals surface area contributed by atoms with Crippen LogP contribution in [0.1, 0.15) is 5.56 Å². The number of carbonyl (C=O) groups excluding carboxylic acids is 1. The van der Waals surface area contributed by atoms with Gasteiger partial charge < -0.3 is 9.30 Å². The van der Waals surface area contributed by atoms with Crippen LogP contribution < -0.4 is 0 Å². The summed E-state index contributed by atoms with van der Waals surface area (Å²) in [5.41, 5.74) is 1.64. The fraction of sp³-hybridized carbons (Fsp3) is 0.125. The summed E-state index contributed by atoms with van der Waals surface area (Å²) < 4.78 is 6.99. The molecule has 3 rings (SSSR count). The average molecular weight is 301 g/mol. The Kier molecular flexibility index (Phi) is 3.88. The van der Waals surface area contributed by atoms with Gasteiger partial charge in [0.15, 0.2) is 0 Å². The van der Waals surface area contributed by atoms with Crippen molar-refractivity contribution in [3.63, 3.8) is 0 Å². The zero-order chi connectivity index (χ0) is 14.7. The lowest BCUT2D eigenvalue weighted by atomic mass is 10.2. The maximum absolute atomic E-state index is 11.9. The molecule has 3 aromatic rings. The molecule has 21 heavy (non-hydrogen) atoms. The van der Waals surface area contributed by atoms with Gasteiger partial charge >= 0.3 is 5.97 Å². The molecule has 106 valence electrons. The highest BCUT2D eigenvalue weighted by molar-refractivity contribution is 6.35. The molecule has 4 nitrogen and oxygen atoms in total. The molecule has 0 atom stereocenters. The molecule has 1 aromatic carbocycles. The Morgan fingerprint density at radius 2 is 2.00 bits per heavy atom. The van der Waals surface area contributed by atoms with Crippen LogP contribution in [0.5, 0.6) is 0 Å². The van der Waals surface area contributed by atoms with Crippen molar-refractivity contribution in [3.05, 3.63) is 65.4 Å². The number of fused-ring (bicyclic) bond motifs is 1. The minimum absolute atomic E-state index is 0.115. The minimum Gasteiger partial charge on any atom is -0.459 e. The normalized spacial score (nSPS) is 10.7. The van der Waals surface area contributed by atoms with Crippen LogP contribution >= 0.6 is 11.6 Å². The predicted octanol–water partition coefficient (Wildman–Crippen LogP) is 3.43. The Labute approximate surface area is 126 Å². The van der Waals surface area contributed by atoms with E-state index in [0.717, 1.165) is 10.9 Å². The third-order valence-corrected chi connectivity index (χ3v) is 3.48. The first kappa shape index (κ1) is 13.6. The Morgan fingerprint density at radius 1 is 1.19 bits per heavy atom. The highest BCUT2D eigenvalue weighted by Crippen LogP contribution is 2.22. The molecule has 0 fully saturated rings. The topological polar surface area (TPSA) is 44.1 Å². The number of benzene rings is 1. The molecule has 0 unspecified atom stereocenters. The van der Waals surface area contributed by atoms with E-state index in [4.69, 9.17) is 16.3 Å². The second kappa shape index (κ2) is 5.97. The van der Waals surface area contributed by atoms with Crippen molar-refractivity contribution in [2.75, 3.05) is 0 Å². The second-order valence-electron chi connectivity index (χ2n) is 4.62. The zero-order valence-electron chi connectivity index (χ0n) is 11.2. The van der Waals surface area contributed by atoms with Crippen LogP contribution in [0, 0.1) is 0 Å². The van der Waals surface area contributed by atoms with E-state index in [9.17, 15) is 4.79 Å². The SMILES string of the molecule is O=C(Cn1ccc2c(Cl)ccnc21)OCc1ccccc1. The molecule has 0 aliphatic carbocycles. The van der Waals surface area contributed by atoms with Crippen molar-refractivity contribution in [2.45, 2.75) is 13.2 Å². The first-order valence-corrected chi connectivity index (χ1v) is 6.91. The summed E-state index contributed by atoms with van der Waals surface area (Å²) in [6.07, 6.45) is 3.41. The molecule has 0 saturated carbocycles. The van der Waals surface area contributed by atoms with E-state index in [1.54, 1.807) is 23.0 Å². The molecule has 0 amide bonds. The van der Waals surface area contributed by atoms with Crippen molar-refractivity contribution < 1.29 is 9.53 Å². The molecule has 0 N–H and O–H groups in total. The molecule has 0 spiro atoms. The van der Waals surface area contributed by atoms with Crippen molar-refractivity contribution in [1.82, 2.24) is 9.55 Å². The van der Waals surface area contributed by atoms with Gasteiger partial charge in [-0.2, -0.15) is 0 Å². The Morgan fingerprint density at radius 3 is 2.81 bits per heavy atom. The summed E-state index contributed by atoms with van der Waals surface area (Å²) in [6.45, 7) is 0.386. The van der Waals surface area contributed by atoms with E-state index in [1.165, 1.54) is 0 Å². The number of halogens is 1. The number of hydrogen-bond acceptors (Lipinski definition) is 3. The summed E-state index contributed by atoms with van der Waals surface area (Å²) in [4.78, 5) is 16.2. The molecule has 0 saturated heterocycles. The van der Waals surface area contributed by atoms with E-state index >= 15 is 0 Å². The van der Waals surface area contributed by atoms with Gasteiger partial charge in [0.25, 0.3) is 0 Å². The van der Waals surface area contributed by atoms with Gasteiger partial charge in [-0.1, -0.05) is 41.9 Å². The molecular formula is C16H13ClN2O2. The lowest BCUT2D eigenvalue weighted by molar-refractivity contribution is -0.145. The Bertz CT molecular complexity index is 768. The zero-order valence-corrected chi connectivity index (χ0v) is 12.0. The van der Waals surface area contributed by atoms with Crippen LogP contribution in [0.2, 0.25) is 5.02 Å². The van der Waals surface area contributed by atoms with Crippen LogP contribution in [0.3, 0.4) is 0 Å². The van der Waals surface area contributed by atoms with E-state index in [1.807, 2.05) is 36.4 Å². The molecule has 0 aliphatic heterocycles. The fourth-order valence-corrected chi connectivity index (χ4v) is 2.31. The van der Waals surface area contributed by atoms with Crippen molar-refractivity contribution in [1.29, 1.82) is 0 Å². The van der Waals surface area contributed by atoms with Gasteiger partial charge in [-0.3, -0.25) is 4.79 Å². The first-order chi connectivity index (χ1) is 10.2.